The molecule has 10 nitrogen and oxygen atoms in total. The van der Waals surface area contributed by atoms with E-state index in [9.17, 15) is 9.59 Å². The van der Waals surface area contributed by atoms with Crippen molar-refractivity contribution in [1.29, 1.82) is 0 Å². The molecule has 5 heterocycles. The molecule has 2 saturated heterocycles. The summed E-state index contributed by atoms with van der Waals surface area (Å²) >= 11 is 3.18. The van der Waals surface area contributed by atoms with E-state index in [4.69, 9.17) is 10.1 Å². The molecule has 0 aromatic carbocycles. The fourth-order valence-corrected chi connectivity index (χ4v) is 6.91. The quantitative estimate of drug-likeness (QED) is 0.406. The third kappa shape index (κ3) is 6.20. The van der Waals surface area contributed by atoms with Gasteiger partial charge < -0.3 is 10.0 Å². The molecule has 3 aromatic rings. The maximum absolute atomic E-state index is 13.0. The number of anilines is 2. The number of carboxylic acids is 1. The Morgan fingerprint density at radius 3 is 2.68 bits per heavy atom. The van der Waals surface area contributed by atoms with Crippen LogP contribution in [0.15, 0.2) is 29.9 Å². The lowest BCUT2D eigenvalue weighted by Gasteiger charge is -2.40. The summed E-state index contributed by atoms with van der Waals surface area (Å²) in [5.41, 5.74) is 1.18. The fourth-order valence-electron chi connectivity index (χ4n) is 5.11. The van der Waals surface area contributed by atoms with Crippen LogP contribution in [-0.2, 0) is 11.3 Å². The molecule has 1 amide bonds. The molecule has 0 spiro atoms. The summed E-state index contributed by atoms with van der Waals surface area (Å²) in [7, 11) is 0. The number of piperazine rings is 1. The van der Waals surface area contributed by atoms with Gasteiger partial charge in [-0.1, -0.05) is 17.4 Å². The van der Waals surface area contributed by atoms with Gasteiger partial charge in [0, 0.05) is 49.7 Å². The number of hydrogen-bond acceptors (Lipinski definition) is 10. The van der Waals surface area contributed by atoms with Gasteiger partial charge in [0.25, 0.3) is 5.91 Å². The van der Waals surface area contributed by atoms with Crippen LogP contribution in [0.2, 0.25) is 0 Å². The second-order valence-corrected chi connectivity index (χ2v) is 12.0. The number of likely N-dealkylation sites (tertiary alicyclic amines) is 1. The van der Waals surface area contributed by atoms with E-state index in [0.29, 0.717) is 23.5 Å². The van der Waals surface area contributed by atoms with E-state index in [1.54, 1.807) is 17.5 Å². The predicted octanol–water partition coefficient (Wildman–Crippen LogP) is 3.88. The number of carboxylic acid groups (broad SMARTS) is 1. The molecule has 12 heteroatoms. The third-order valence-electron chi connectivity index (χ3n) is 7.23. The van der Waals surface area contributed by atoms with Gasteiger partial charge in [-0.05, 0) is 44.7 Å². The Balaban J connectivity index is 1.24. The number of rotatable bonds is 9. The Morgan fingerprint density at radius 1 is 1.16 bits per heavy atom. The zero-order valence-electron chi connectivity index (χ0n) is 21.7. The monoisotopic (exact) mass is 555 g/mol. The molecule has 0 bridgehead atoms. The summed E-state index contributed by atoms with van der Waals surface area (Å²) in [4.78, 5) is 46.6. The SMILES string of the molecule is C[C@@H]1CCCN1Cc1sc(NC(=O)c2cnc(N3CCN(CCC(=O)O)C[C@H]3C)cn2)nc1-c1cccs1. The Labute approximate surface area is 230 Å². The van der Waals surface area contributed by atoms with Gasteiger partial charge in [-0.2, -0.15) is 0 Å². The van der Waals surface area contributed by atoms with Crippen molar-refractivity contribution in [3.63, 3.8) is 0 Å². The zero-order chi connectivity index (χ0) is 26.6. The lowest BCUT2D eigenvalue weighted by Crippen LogP contribution is -2.52. The molecule has 3 aromatic heterocycles. The van der Waals surface area contributed by atoms with Crippen LogP contribution in [0.3, 0.4) is 0 Å². The first-order valence-corrected chi connectivity index (χ1v) is 14.7. The average Bonchev–Trinajstić information content (AvgIpc) is 3.65. The smallest absolute Gasteiger partial charge is 0.304 e. The van der Waals surface area contributed by atoms with E-state index in [1.807, 2.05) is 11.4 Å². The highest BCUT2D eigenvalue weighted by molar-refractivity contribution is 7.17. The number of nitrogens with zero attached hydrogens (tertiary/aromatic N) is 6. The summed E-state index contributed by atoms with van der Waals surface area (Å²) in [5, 5.41) is 14.5. The van der Waals surface area contributed by atoms with Crippen LogP contribution in [0.25, 0.3) is 10.6 Å². The number of aliphatic carboxylic acids is 1. The molecule has 202 valence electrons. The van der Waals surface area contributed by atoms with E-state index in [2.05, 4.69) is 49.9 Å². The maximum Gasteiger partial charge on any atom is 0.304 e. The number of aromatic nitrogens is 3. The molecule has 38 heavy (non-hydrogen) atoms. The molecule has 0 unspecified atom stereocenters. The van der Waals surface area contributed by atoms with Crippen molar-refractivity contribution in [3.8, 4) is 10.6 Å². The molecule has 0 saturated carbocycles. The molecule has 0 radical (unpaired) electrons. The number of carbonyl (C=O) groups is 2. The second kappa shape index (κ2) is 11.9. The Hall–Kier alpha value is -2.93. The highest BCUT2D eigenvalue weighted by atomic mass is 32.1. The molecule has 2 aliphatic heterocycles. The van der Waals surface area contributed by atoms with Gasteiger partial charge in [-0.15, -0.1) is 11.3 Å². The van der Waals surface area contributed by atoms with E-state index in [1.165, 1.54) is 30.4 Å². The molecular formula is C26H33N7O3S2. The molecule has 0 aliphatic carbocycles. The van der Waals surface area contributed by atoms with E-state index in [0.717, 1.165) is 48.2 Å². The fraction of sp³-hybridized carbons (Fsp3) is 0.500. The first kappa shape index (κ1) is 26.7. The topological polar surface area (TPSA) is 115 Å². The van der Waals surface area contributed by atoms with Crippen molar-refractivity contribution in [2.24, 2.45) is 0 Å². The van der Waals surface area contributed by atoms with Crippen LogP contribution >= 0.6 is 22.7 Å². The van der Waals surface area contributed by atoms with Crippen LogP contribution in [0, 0.1) is 0 Å². The van der Waals surface area contributed by atoms with Gasteiger partial charge in [0.1, 0.15) is 11.5 Å². The number of nitrogens with one attached hydrogen (secondary N) is 1. The van der Waals surface area contributed by atoms with Gasteiger partial charge >= 0.3 is 5.97 Å². The van der Waals surface area contributed by atoms with Crippen LogP contribution in [0.5, 0.6) is 0 Å². The Morgan fingerprint density at radius 2 is 2.03 bits per heavy atom. The van der Waals surface area contributed by atoms with Crippen molar-refractivity contribution >= 4 is 45.5 Å². The lowest BCUT2D eigenvalue weighted by atomic mass is 10.2. The molecule has 2 aliphatic rings. The number of thiophene rings is 1. The Kier molecular flexibility index (Phi) is 8.32. The summed E-state index contributed by atoms with van der Waals surface area (Å²) in [5.74, 6) is -0.399. The summed E-state index contributed by atoms with van der Waals surface area (Å²) in [6, 6.07) is 4.80. The van der Waals surface area contributed by atoms with E-state index >= 15 is 0 Å². The maximum atomic E-state index is 13.0. The Bertz CT molecular complexity index is 1250. The van der Waals surface area contributed by atoms with Crippen molar-refractivity contribution in [2.75, 3.05) is 42.9 Å². The highest BCUT2D eigenvalue weighted by Crippen LogP contribution is 2.36. The third-order valence-corrected chi connectivity index (χ3v) is 9.06. The van der Waals surface area contributed by atoms with Crippen LogP contribution in [0.1, 0.15) is 48.5 Å². The van der Waals surface area contributed by atoms with Crippen molar-refractivity contribution in [2.45, 2.75) is 51.7 Å². The van der Waals surface area contributed by atoms with Crippen LogP contribution < -0.4 is 10.2 Å². The number of thiazole rings is 1. The standard InChI is InChI=1S/C26H33N7O3S2/c1-17-5-3-8-32(17)16-21-24(20-6-4-12-37-20)29-26(38-21)30-25(36)19-13-28-22(14-27-19)33-11-10-31(15-18(33)2)9-7-23(34)35/h4,6,12-14,17-18H,3,5,7-11,15-16H2,1-2H3,(H,34,35)(H,29,30,36)/t17-,18-/m1/s1. The van der Waals surface area contributed by atoms with Gasteiger partial charge in [0.15, 0.2) is 5.13 Å². The van der Waals surface area contributed by atoms with Crippen molar-refractivity contribution in [3.05, 3.63) is 40.5 Å². The van der Waals surface area contributed by atoms with Gasteiger partial charge in [-0.25, -0.2) is 15.0 Å². The number of hydrogen-bond donors (Lipinski definition) is 2. The normalized spacial score (nSPS) is 20.6. The van der Waals surface area contributed by atoms with Crippen LogP contribution in [-0.4, -0.2) is 86.5 Å². The lowest BCUT2D eigenvalue weighted by molar-refractivity contribution is -0.137. The first-order valence-electron chi connectivity index (χ1n) is 13.0. The minimum absolute atomic E-state index is 0.142. The van der Waals surface area contributed by atoms with Crippen molar-refractivity contribution in [1.82, 2.24) is 24.8 Å². The number of carbonyl (C=O) groups excluding carboxylic acids is 1. The molecule has 5 rings (SSSR count). The van der Waals surface area contributed by atoms with Crippen molar-refractivity contribution < 1.29 is 14.7 Å². The largest absolute Gasteiger partial charge is 0.481 e. The number of amides is 1. The van der Waals surface area contributed by atoms with Gasteiger partial charge in [0.05, 0.1) is 29.4 Å². The predicted molar refractivity (Wildman–Crippen MR) is 150 cm³/mol. The summed E-state index contributed by atoms with van der Waals surface area (Å²) in [6.45, 7) is 9.06. The van der Waals surface area contributed by atoms with E-state index in [-0.39, 0.29) is 24.1 Å². The molecule has 2 N–H and O–H groups in total. The van der Waals surface area contributed by atoms with Gasteiger partial charge in [-0.3, -0.25) is 24.7 Å². The average molecular weight is 556 g/mol. The minimum Gasteiger partial charge on any atom is -0.481 e. The van der Waals surface area contributed by atoms with Gasteiger partial charge in [0.2, 0.25) is 0 Å². The zero-order valence-corrected chi connectivity index (χ0v) is 23.3. The highest BCUT2D eigenvalue weighted by Gasteiger charge is 2.26. The molecule has 2 fully saturated rings. The minimum atomic E-state index is -0.780. The first-order chi connectivity index (χ1) is 18.4. The molecule has 2 atom stereocenters. The molecular weight excluding hydrogens is 522 g/mol. The summed E-state index contributed by atoms with van der Waals surface area (Å²) < 4.78 is 0. The summed E-state index contributed by atoms with van der Waals surface area (Å²) in [6.07, 6.45) is 5.71. The van der Waals surface area contributed by atoms with E-state index < -0.39 is 5.97 Å². The second-order valence-electron chi connectivity index (χ2n) is 9.93. The van der Waals surface area contributed by atoms with Crippen LogP contribution in [0.4, 0.5) is 10.9 Å².